The first-order valence-corrected chi connectivity index (χ1v) is 8.99. The number of esters is 1. The molecule has 0 fully saturated rings. The van der Waals surface area contributed by atoms with Crippen LogP contribution in [0.1, 0.15) is 79.0 Å². The van der Waals surface area contributed by atoms with Gasteiger partial charge in [0.25, 0.3) is 0 Å². The smallest absolute Gasteiger partial charge is 1.00 e. The van der Waals surface area contributed by atoms with Crippen molar-refractivity contribution in [2.75, 3.05) is 19.8 Å². The molecule has 138 valence electrons. The average molecular weight is 354 g/mol. The van der Waals surface area contributed by atoms with Gasteiger partial charge in [0.2, 0.25) is 5.91 Å². The predicted octanol–water partition coefficient (Wildman–Crippen LogP) is -0.430. The first kappa shape index (κ1) is 26.1. The quantitative estimate of drug-likeness (QED) is 0.152. The standard InChI is InChI=1S/C17H34N2O4.Na.H/c1-2-3-4-5-6-7-8-9-10-11-16(21)19-18-13-12-17(22)23-15-14-20;;/h18,20H,2-15H2,1H3,(H,19,21);;/q;+1;-1. The van der Waals surface area contributed by atoms with E-state index in [9.17, 15) is 9.59 Å². The summed E-state index contributed by atoms with van der Waals surface area (Å²) >= 11 is 0. The van der Waals surface area contributed by atoms with E-state index in [-0.39, 0.29) is 62.5 Å². The maximum atomic E-state index is 11.5. The van der Waals surface area contributed by atoms with Crippen LogP contribution in [0.3, 0.4) is 0 Å². The van der Waals surface area contributed by atoms with Gasteiger partial charge in [0.1, 0.15) is 6.61 Å². The summed E-state index contributed by atoms with van der Waals surface area (Å²) in [5.74, 6) is -0.434. The van der Waals surface area contributed by atoms with Crippen LogP contribution in [-0.2, 0) is 14.3 Å². The molecule has 0 aromatic heterocycles. The van der Waals surface area contributed by atoms with Crippen LogP contribution in [-0.4, -0.2) is 36.7 Å². The minimum absolute atomic E-state index is 0. The molecule has 3 N–H and O–H groups in total. The molecule has 0 saturated heterocycles. The molecule has 0 aromatic carbocycles. The van der Waals surface area contributed by atoms with E-state index in [1.807, 2.05) is 0 Å². The predicted molar refractivity (Wildman–Crippen MR) is 91.8 cm³/mol. The average Bonchev–Trinajstić information content (AvgIpc) is 2.55. The number of hydrogen-bond acceptors (Lipinski definition) is 5. The molecular formula is C17H35N2NaO4. The molecular weight excluding hydrogens is 319 g/mol. The number of carbonyl (C=O) groups excluding carboxylic acids is 2. The number of aliphatic hydroxyl groups excluding tert-OH is 1. The Morgan fingerprint density at radius 1 is 0.958 bits per heavy atom. The summed E-state index contributed by atoms with van der Waals surface area (Å²) in [5.41, 5.74) is 5.28. The molecule has 0 unspecified atom stereocenters. The van der Waals surface area contributed by atoms with Gasteiger partial charge in [-0.3, -0.25) is 15.0 Å². The van der Waals surface area contributed by atoms with Crippen molar-refractivity contribution in [2.45, 2.75) is 77.6 Å². The topological polar surface area (TPSA) is 87.7 Å². The molecule has 0 heterocycles. The minimum atomic E-state index is -0.389. The molecule has 0 aliphatic carbocycles. The second kappa shape index (κ2) is 20.9. The van der Waals surface area contributed by atoms with Gasteiger partial charge in [0, 0.05) is 13.0 Å². The fourth-order valence-corrected chi connectivity index (χ4v) is 2.22. The van der Waals surface area contributed by atoms with E-state index in [1.54, 1.807) is 0 Å². The Kier molecular flexibility index (Phi) is 22.7. The Morgan fingerprint density at radius 2 is 1.54 bits per heavy atom. The van der Waals surface area contributed by atoms with E-state index in [1.165, 1.54) is 44.9 Å². The van der Waals surface area contributed by atoms with Crippen LogP contribution in [0.4, 0.5) is 0 Å². The van der Waals surface area contributed by atoms with Crippen molar-refractivity contribution in [1.29, 1.82) is 0 Å². The number of aliphatic hydroxyl groups is 1. The van der Waals surface area contributed by atoms with Crippen LogP contribution in [0.25, 0.3) is 0 Å². The second-order valence-corrected chi connectivity index (χ2v) is 5.75. The van der Waals surface area contributed by atoms with Crippen LogP contribution in [0, 0.1) is 0 Å². The first-order chi connectivity index (χ1) is 11.2. The van der Waals surface area contributed by atoms with Gasteiger partial charge >= 0.3 is 35.5 Å². The number of unbranched alkanes of at least 4 members (excludes halogenated alkanes) is 8. The first-order valence-electron chi connectivity index (χ1n) is 8.99. The zero-order chi connectivity index (χ0) is 17.2. The van der Waals surface area contributed by atoms with Crippen LogP contribution >= 0.6 is 0 Å². The third-order valence-corrected chi connectivity index (χ3v) is 3.54. The fraction of sp³-hybridized carbons (Fsp3) is 0.882. The largest absolute Gasteiger partial charge is 1.00 e. The number of carbonyl (C=O) groups is 2. The van der Waals surface area contributed by atoms with Crippen LogP contribution < -0.4 is 40.4 Å². The Bertz CT molecular complexity index is 310. The summed E-state index contributed by atoms with van der Waals surface area (Å²) in [5, 5.41) is 8.49. The summed E-state index contributed by atoms with van der Waals surface area (Å²) in [4.78, 5) is 22.7. The van der Waals surface area contributed by atoms with Crippen molar-refractivity contribution < 1.29 is 50.4 Å². The Hall–Kier alpha value is -0.140. The Morgan fingerprint density at radius 3 is 2.12 bits per heavy atom. The molecule has 0 saturated carbocycles. The molecule has 0 radical (unpaired) electrons. The number of hydrazine groups is 1. The van der Waals surface area contributed by atoms with E-state index in [2.05, 4.69) is 22.5 Å². The molecule has 24 heavy (non-hydrogen) atoms. The molecule has 0 rings (SSSR count). The van der Waals surface area contributed by atoms with Gasteiger partial charge in [0.15, 0.2) is 0 Å². The maximum absolute atomic E-state index is 11.5. The molecule has 7 heteroatoms. The number of amides is 1. The molecule has 1 amide bonds. The van der Waals surface area contributed by atoms with Crippen molar-refractivity contribution in [3.63, 3.8) is 0 Å². The number of hydrogen-bond donors (Lipinski definition) is 3. The molecule has 0 spiro atoms. The summed E-state index contributed by atoms with van der Waals surface area (Å²) in [6.07, 6.45) is 11.7. The monoisotopic (exact) mass is 354 g/mol. The van der Waals surface area contributed by atoms with Gasteiger partial charge in [-0.05, 0) is 6.42 Å². The normalized spacial score (nSPS) is 10.1. The van der Waals surface area contributed by atoms with Crippen molar-refractivity contribution in [3.05, 3.63) is 0 Å². The molecule has 0 atom stereocenters. The number of rotatable bonds is 16. The zero-order valence-corrected chi connectivity index (χ0v) is 17.6. The van der Waals surface area contributed by atoms with Crippen molar-refractivity contribution in [2.24, 2.45) is 0 Å². The SMILES string of the molecule is CCCCCCCCCCCC(=O)NNCCC(=O)OCCO.[H-].[Na+]. The van der Waals surface area contributed by atoms with Gasteiger partial charge in [-0.25, -0.2) is 5.43 Å². The molecule has 0 aromatic rings. The summed E-state index contributed by atoms with van der Waals surface area (Å²) in [6.45, 7) is 2.40. The van der Waals surface area contributed by atoms with Gasteiger partial charge in [-0.15, -0.1) is 0 Å². The number of ether oxygens (including phenoxy) is 1. The zero-order valence-electron chi connectivity index (χ0n) is 16.6. The van der Waals surface area contributed by atoms with E-state index < -0.39 is 0 Å². The van der Waals surface area contributed by atoms with Crippen LogP contribution in [0.2, 0.25) is 0 Å². The third kappa shape index (κ3) is 19.9. The summed E-state index contributed by atoms with van der Waals surface area (Å²) in [6, 6.07) is 0. The minimum Gasteiger partial charge on any atom is -1.00 e. The third-order valence-electron chi connectivity index (χ3n) is 3.54. The van der Waals surface area contributed by atoms with E-state index >= 15 is 0 Å². The van der Waals surface area contributed by atoms with Crippen molar-refractivity contribution in [3.8, 4) is 0 Å². The van der Waals surface area contributed by atoms with Crippen LogP contribution in [0.5, 0.6) is 0 Å². The van der Waals surface area contributed by atoms with E-state index in [0.29, 0.717) is 13.0 Å². The number of nitrogens with one attached hydrogen (secondary N) is 2. The van der Waals surface area contributed by atoms with Gasteiger partial charge < -0.3 is 11.3 Å². The second-order valence-electron chi connectivity index (χ2n) is 5.75. The summed E-state index contributed by atoms with van der Waals surface area (Å²) in [7, 11) is 0. The molecule has 0 aliphatic heterocycles. The van der Waals surface area contributed by atoms with Crippen LogP contribution in [0.15, 0.2) is 0 Å². The molecule has 0 bridgehead atoms. The van der Waals surface area contributed by atoms with Gasteiger partial charge in [-0.2, -0.15) is 0 Å². The summed E-state index contributed by atoms with van der Waals surface area (Å²) < 4.78 is 4.69. The van der Waals surface area contributed by atoms with Gasteiger partial charge in [0.05, 0.1) is 13.0 Å². The molecule has 6 nitrogen and oxygen atoms in total. The Balaban J connectivity index is -0.00000242. The van der Waals surface area contributed by atoms with Gasteiger partial charge in [-0.1, -0.05) is 58.3 Å². The van der Waals surface area contributed by atoms with Crippen molar-refractivity contribution in [1.82, 2.24) is 10.9 Å². The van der Waals surface area contributed by atoms with Crippen molar-refractivity contribution >= 4 is 11.9 Å². The molecule has 0 aliphatic rings. The fourth-order valence-electron chi connectivity index (χ4n) is 2.22. The van der Waals surface area contributed by atoms with E-state index in [4.69, 9.17) is 5.11 Å². The Labute approximate surface area is 170 Å². The van der Waals surface area contributed by atoms with E-state index in [0.717, 1.165) is 12.8 Å². The maximum Gasteiger partial charge on any atom is 1.00 e.